The molecular weight excluding hydrogens is 357 g/mol. The normalized spacial score (nSPS) is 12.1. The number of sulfonamides is 1. The number of anilines is 2. The summed E-state index contributed by atoms with van der Waals surface area (Å²) < 4.78 is 38.4. The maximum absolute atomic E-state index is 13.1. The summed E-state index contributed by atoms with van der Waals surface area (Å²) >= 11 is 0. The molecule has 8 heteroatoms. The van der Waals surface area contributed by atoms with E-state index in [0.29, 0.717) is 5.69 Å². The van der Waals surface area contributed by atoms with E-state index in [1.54, 1.807) is 24.3 Å². The van der Waals surface area contributed by atoms with Gasteiger partial charge in [0.05, 0.1) is 24.4 Å². The van der Waals surface area contributed by atoms with Crippen LogP contribution in [0, 0.1) is 17.1 Å². The summed E-state index contributed by atoms with van der Waals surface area (Å²) in [6.07, 6.45) is 1.24. The summed E-state index contributed by atoms with van der Waals surface area (Å²) in [6.45, 7) is 1.45. The minimum Gasteiger partial charge on any atom is -0.324 e. The molecule has 136 valence electrons. The van der Waals surface area contributed by atoms with Crippen LogP contribution in [0.15, 0.2) is 48.5 Å². The molecule has 1 atom stereocenters. The van der Waals surface area contributed by atoms with E-state index in [1.165, 1.54) is 19.1 Å². The highest BCUT2D eigenvalue weighted by molar-refractivity contribution is 7.92. The lowest BCUT2D eigenvalue weighted by atomic mass is 10.1. The molecule has 0 heterocycles. The topological polar surface area (TPSA) is 90.3 Å². The summed E-state index contributed by atoms with van der Waals surface area (Å²) in [4.78, 5) is 12.5. The first-order chi connectivity index (χ1) is 12.2. The van der Waals surface area contributed by atoms with Crippen LogP contribution in [0.25, 0.3) is 0 Å². The molecule has 1 amide bonds. The van der Waals surface area contributed by atoms with E-state index in [2.05, 4.69) is 5.32 Å². The number of benzene rings is 2. The number of hydrogen-bond donors (Lipinski definition) is 1. The van der Waals surface area contributed by atoms with Crippen molar-refractivity contribution >= 4 is 27.3 Å². The average molecular weight is 375 g/mol. The summed E-state index contributed by atoms with van der Waals surface area (Å²) in [5.74, 6) is -1.04. The number of nitriles is 1. The largest absolute Gasteiger partial charge is 0.324 e. The van der Waals surface area contributed by atoms with Gasteiger partial charge < -0.3 is 5.32 Å². The number of nitrogens with zero attached hydrogens (tertiary/aromatic N) is 2. The van der Waals surface area contributed by atoms with Gasteiger partial charge in [-0.2, -0.15) is 5.26 Å². The predicted molar refractivity (Wildman–Crippen MR) is 97.6 cm³/mol. The van der Waals surface area contributed by atoms with Gasteiger partial charge in [0.2, 0.25) is 15.9 Å². The van der Waals surface area contributed by atoms with E-state index in [1.807, 2.05) is 6.07 Å². The minimum absolute atomic E-state index is 0.195. The first kappa shape index (κ1) is 19.4. The van der Waals surface area contributed by atoms with Crippen molar-refractivity contribution in [2.75, 3.05) is 15.9 Å². The number of nitrogens with one attached hydrogen (secondary N) is 1. The van der Waals surface area contributed by atoms with Gasteiger partial charge in [-0.25, -0.2) is 12.8 Å². The molecule has 0 fully saturated rings. The summed E-state index contributed by atoms with van der Waals surface area (Å²) in [5, 5.41) is 11.3. The quantitative estimate of drug-likeness (QED) is 0.840. The molecule has 26 heavy (non-hydrogen) atoms. The fourth-order valence-electron chi connectivity index (χ4n) is 2.44. The van der Waals surface area contributed by atoms with Crippen molar-refractivity contribution in [3.05, 3.63) is 59.9 Å². The van der Waals surface area contributed by atoms with Crippen molar-refractivity contribution in [3.63, 3.8) is 0 Å². The van der Waals surface area contributed by atoms with Gasteiger partial charge in [0.15, 0.2) is 0 Å². The number of hydrogen-bond acceptors (Lipinski definition) is 4. The second-order valence-electron chi connectivity index (χ2n) is 5.73. The van der Waals surface area contributed by atoms with Crippen molar-refractivity contribution < 1.29 is 17.6 Å². The highest BCUT2D eigenvalue weighted by Gasteiger charge is 2.29. The average Bonchev–Trinajstić information content (AvgIpc) is 2.57. The highest BCUT2D eigenvalue weighted by Crippen LogP contribution is 2.22. The van der Waals surface area contributed by atoms with Gasteiger partial charge in [-0.05, 0) is 48.9 Å². The Hall–Kier alpha value is -2.92. The third-order valence-corrected chi connectivity index (χ3v) is 4.92. The Morgan fingerprint density at radius 2 is 1.77 bits per heavy atom. The number of amides is 1. The molecule has 6 nitrogen and oxygen atoms in total. The van der Waals surface area contributed by atoms with Crippen LogP contribution in [0.5, 0.6) is 0 Å². The molecule has 0 radical (unpaired) electrons. The monoisotopic (exact) mass is 375 g/mol. The Bertz CT molecular complexity index is 920. The van der Waals surface area contributed by atoms with Gasteiger partial charge in [-0.1, -0.05) is 12.1 Å². The van der Waals surface area contributed by atoms with Gasteiger partial charge in [-0.15, -0.1) is 0 Å². The first-order valence-electron chi connectivity index (χ1n) is 7.74. The molecule has 0 aliphatic carbocycles. The molecule has 0 bridgehead atoms. The van der Waals surface area contributed by atoms with Gasteiger partial charge >= 0.3 is 0 Å². The van der Waals surface area contributed by atoms with Crippen molar-refractivity contribution in [3.8, 4) is 6.07 Å². The van der Waals surface area contributed by atoms with Crippen LogP contribution in [-0.2, 0) is 21.2 Å². The van der Waals surface area contributed by atoms with E-state index >= 15 is 0 Å². The van der Waals surface area contributed by atoms with E-state index in [0.717, 1.165) is 28.3 Å². The lowest BCUT2D eigenvalue weighted by molar-refractivity contribution is -0.116. The van der Waals surface area contributed by atoms with Crippen molar-refractivity contribution in [1.29, 1.82) is 5.26 Å². The van der Waals surface area contributed by atoms with E-state index < -0.39 is 27.8 Å². The molecule has 0 aliphatic rings. The molecule has 0 saturated heterocycles. The first-order valence-corrected chi connectivity index (χ1v) is 9.59. The number of rotatable bonds is 6. The number of carbonyl (C=O) groups is 1. The van der Waals surface area contributed by atoms with Gasteiger partial charge in [0, 0.05) is 5.69 Å². The Morgan fingerprint density at radius 3 is 2.27 bits per heavy atom. The molecule has 0 aliphatic heterocycles. The summed E-state index contributed by atoms with van der Waals surface area (Å²) in [6, 6.07) is 12.5. The smallest absolute Gasteiger partial charge is 0.247 e. The molecule has 1 N–H and O–H groups in total. The Balaban J connectivity index is 2.22. The highest BCUT2D eigenvalue weighted by atomic mass is 32.2. The van der Waals surface area contributed by atoms with Crippen LogP contribution in [0.4, 0.5) is 15.8 Å². The number of carbonyl (C=O) groups excluding carboxylic acids is 1. The summed E-state index contributed by atoms with van der Waals surface area (Å²) in [7, 11) is -3.77. The maximum atomic E-state index is 13.1. The van der Waals surface area contributed by atoms with Gasteiger partial charge in [-0.3, -0.25) is 9.10 Å². The fraction of sp³-hybridized carbons (Fsp3) is 0.222. The third-order valence-electron chi connectivity index (χ3n) is 3.67. The Labute approximate surface area is 151 Å². The fourth-order valence-corrected chi connectivity index (χ4v) is 3.62. The van der Waals surface area contributed by atoms with E-state index in [9.17, 15) is 17.6 Å². The van der Waals surface area contributed by atoms with Crippen molar-refractivity contribution in [1.82, 2.24) is 0 Å². The van der Waals surface area contributed by atoms with E-state index in [4.69, 9.17) is 5.26 Å². The standard InChI is InChI=1S/C18H18FN3O3S/c1-13(18(23)21-16-7-3-14(4-8-16)11-12-20)22(26(2,24)25)17-9-5-15(19)6-10-17/h3-10,13H,11H2,1-2H3,(H,21,23). The van der Waals surface area contributed by atoms with Gasteiger partial charge in [0.25, 0.3) is 0 Å². The SMILES string of the molecule is CC(C(=O)Nc1ccc(CC#N)cc1)N(c1ccc(F)cc1)S(C)(=O)=O. The van der Waals surface area contributed by atoms with Crippen molar-refractivity contribution in [2.24, 2.45) is 0 Å². The molecule has 1 unspecified atom stereocenters. The predicted octanol–water partition coefficient (Wildman–Crippen LogP) is 2.68. The zero-order chi connectivity index (χ0) is 19.3. The maximum Gasteiger partial charge on any atom is 0.247 e. The molecule has 0 aromatic heterocycles. The zero-order valence-electron chi connectivity index (χ0n) is 14.3. The Morgan fingerprint density at radius 1 is 1.19 bits per heavy atom. The third kappa shape index (κ3) is 4.80. The zero-order valence-corrected chi connectivity index (χ0v) is 15.1. The van der Waals surface area contributed by atoms with Gasteiger partial charge in [0.1, 0.15) is 11.9 Å². The molecule has 2 aromatic carbocycles. The second kappa shape index (κ2) is 7.97. The van der Waals surface area contributed by atoms with Crippen LogP contribution in [-0.4, -0.2) is 26.6 Å². The molecule has 2 aromatic rings. The minimum atomic E-state index is -3.77. The molecular formula is C18H18FN3O3S. The molecule has 2 rings (SSSR count). The van der Waals surface area contributed by atoms with Crippen molar-refractivity contribution in [2.45, 2.75) is 19.4 Å². The Kier molecular flexibility index (Phi) is 5.95. The molecule has 0 saturated carbocycles. The van der Waals surface area contributed by atoms with Crippen LogP contribution in [0.2, 0.25) is 0 Å². The van der Waals surface area contributed by atoms with Crippen LogP contribution < -0.4 is 9.62 Å². The lowest BCUT2D eigenvalue weighted by Gasteiger charge is -2.28. The van der Waals surface area contributed by atoms with Crippen LogP contribution in [0.3, 0.4) is 0 Å². The van der Waals surface area contributed by atoms with E-state index in [-0.39, 0.29) is 12.1 Å². The summed E-state index contributed by atoms with van der Waals surface area (Å²) in [5.41, 5.74) is 1.49. The lowest BCUT2D eigenvalue weighted by Crippen LogP contribution is -2.45. The molecule has 0 spiro atoms. The number of halogens is 1. The van der Waals surface area contributed by atoms with Crippen LogP contribution >= 0.6 is 0 Å². The second-order valence-corrected chi connectivity index (χ2v) is 7.59. The van der Waals surface area contributed by atoms with Crippen LogP contribution in [0.1, 0.15) is 12.5 Å².